The molecule has 1 aliphatic rings. The first kappa shape index (κ1) is 17.1. The highest BCUT2D eigenvalue weighted by atomic mass is 32.2. The Morgan fingerprint density at radius 1 is 0.536 bits per heavy atom. The van der Waals surface area contributed by atoms with Gasteiger partial charge in [0.15, 0.2) is 0 Å². The van der Waals surface area contributed by atoms with E-state index < -0.39 is 0 Å². The lowest BCUT2D eigenvalue weighted by Crippen LogP contribution is -2.00. The molecule has 4 aromatic rings. The Labute approximate surface area is 170 Å². The maximum absolute atomic E-state index is 2.29. The summed E-state index contributed by atoms with van der Waals surface area (Å²) in [6, 6.07) is 41.3. The number of fused-ring (bicyclic) bond motifs is 1. The molecule has 0 nitrogen and oxygen atoms in total. The van der Waals surface area contributed by atoms with Crippen molar-refractivity contribution in [1.82, 2.24) is 0 Å². The fraction of sp³-hybridized carbons (Fsp3) is 0.0370. The third kappa shape index (κ3) is 3.08. The normalized spacial score (nSPS) is 15.5. The fourth-order valence-corrected chi connectivity index (χ4v) is 5.18. The summed E-state index contributed by atoms with van der Waals surface area (Å²) < 4.78 is 0. The van der Waals surface area contributed by atoms with Crippen LogP contribution in [0.25, 0.3) is 10.5 Å². The summed E-state index contributed by atoms with van der Waals surface area (Å²) >= 11 is 1.87. The molecule has 1 aliphatic carbocycles. The largest absolute Gasteiger partial charge is 0.0891 e. The van der Waals surface area contributed by atoms with Gasteiger partial charge in [0.25, 0.3) is 0 Å². The molecule has 0 fully saturated rings. The summed E-state index contributed by atoms with van der Waals surface area (Å²) in [4.78, 5) is 2.64. The fourth-order valence-electron chi connectivity index (χ4n) is 4.01. The lowest BCUT2D eigenvalue weighted by Gasteiger charge is -2.18. The van der Waals surface area contributed by atoms with Crippen molar-refractivity contribution >= 4 is 22.2 Å². The Kier molecular flexibility index (Phi) is 4.60. The number of hydrogen-bond acceptors (Lipinski definition) is 1. The molecule has 0 N–H and O–H groups in total. The molecule has 0 aromatic heterocycles. The SMILES string of the molecule is c1ccc(SC2=C(c3ccccc3)C(c3ccccc3)c3ccccc32)cc1. The Bertz CT molecular complexity index is 1110. The van der Waals surface area contributed by atoms with Crippen molar-refractivity contribution in [2.45, 2.75) is 10.8 Å². The Morgan fingerprint density at radius 3 is 1.82 bits per heavy atom. The summed E-state index contributed by atoms with van der Waals surface area (Å²) in [5, 5.41) is 0. The monoisotopic (exact) mass is 376 g/mol. The Balaban J connectivity index is 1.76. The number of thioether (sulfide) groups is 1. The van der Waals surface area contributed by atoms with E-state index in [0.29, 0.717) is 0 Å². The first-order chi connectivity index (χ1) is 13.9. The number of benzene rings is 4. The summed E-state index contributed by atoms with van der Waals surface area (Å²) in [5.41, 5.74) is 6.79. The molecular formula is C27H20S. The first-order valence-electron chi connectivity index (χ1n) is 9.58. The van der Waals surface area contributed by atoms with Gasteiger partial charge in [-0.05, 0) is 40.0 Å². The van der Waals surface area contributed by atoms with Crippen molar-refractivity contribution in [3.63, 3.8) is 0 Å². The summed E-state index contributed by atoms with van der Waals surface area (Å²) in [5.74, 6) is 0.256. The maximum Gasteiger partial charge on any atom is 0.0363 e. The van der Waals surface area contributed by atoms with E-state index in [1.807, 2.05) is 11.8 Å². The zero-order chi connectivity index (χ0) is 18.8. The highest BCUT2D eigenvalue weighted by Crippen LogP contribution is 2.55. The van der Waals surface area contributed by atoms with Gasteiger partial charge in [-0.25, -0.2) is 0 Å². The zero-order valence-corrected chi connectivity index (χ0v) is 16.3. The van der Waals surface area contributed by atoms with Crippen LogP contribution in [0.1, 0.15) is 28.2 Å². The number of allylic oxidation sites excluding steroid dienone is 1. The van der Waals surface area contributed by atoms with Gasteiger partial charge in [0.1, 0.15) is 0 Å². The van der Waals surface area contributed by atoms with Crippen molar-refractivity contribution in [2.75, 3.05) is 0 Å². The summed E-state index contributed by atoms with van der Waals surface area (Å²) in [7, 11) is 0. The van der Waals surface area contributed by atoms with Crippen LogP contribution in [0.5, 0.6) is 0 Å². The van der Waals surface area contributed by atoms with Crippen LogP contribution < -0.4 is 0 Å². The highest BCUT2D eigenvalue weighted by Gasteiger charge is 2.33. The molecule has 0 saturated carbocycles. The Hall–Kier alpha value is -3.03. The number of hydrogen-bond donors (Lipinski definition) is 0. The van der Waals surface area contributed by atoms with Gasteiger partial charge in [-0.2, -0.15) is 0 Å². The standard InChI is InChI=1S/C27H20S/c1-4-12-20(13-5-1)25-23-18-10-11-19-24(23)27(28-22-16-8-3-9-17-22)26(25)21-14-6-2-7-15-21/h1-19,25H. The van der Waals surface area contributed by atoms with Crippen LogP contribution in [-0.2, 0) is 0 Å². The minimum atomic E-state index is 0.256. The molecule has 1 unspecified atom stereocenters. The molecule has 0 radical (unpaired) electrons. The van der Waals surface area contributed by atoms with Crippen LogP contribution in [-0.4, -0.2) is 0 Å². The predicted octanol–water partition coefficient (Wildman–Crippen LogP) is 7.49. The van der Waals surface area contributed by atoms with Crippen LogP contribution in [0.4, 0.5) is 0 Å². The molecule has 5 rings (SSSR count). The third-order valence-corrected chi connectivity index (χ3v) is 6.38. The van der Waals surface area contributed by atoms with Crippen LogP contribution >= 0.6 is 11.8 Å². The lowest BCUT2D eigenvalue weighted by atomic mass is 9.85. The van der Waals surface area contributed by atoms with Gasteiger partial charge in [0.2, 0.25) is 0 Å². The van der Waals surface area contributed by atoms with Crippen LogP contribution in [0, 0.1) is 0 Å². The van der Waals surface area contributed by atoms with Crippen molar-refractivity contribution in [2.24, 2.45) is 0 Å². The molecule has 0 spiro atoms. The van der Waals surface area contributed by atoms with Gasteiger partial charge in [-0.15, -0.1) is 0 Å². The molecule has 28 heavy (non-hydrogen) atoms. The molecule has 0 heterocycles. The van der Waals surface area contributed by atoms with Crippen molar-refractivity contribution in [1.29, 1.82) is 0 Å². The smallest absolute Gasteiger partial charge is 0.0363 e. The summed E-state index contributed by atoms with van der Waals surface area (Å²) in [6.45, 7) is 0. The molecule has 4 aromatic carbocycles. The quantitative estimate of drug-likeness (QED) is 0.355. The highest BCUT2D eigenvalue weighted by molar-refractivity contribution is 8.08. The molecular weight excluding hydrogens is 356 g/mol. The molecule has 0 bridgehead atoms. The minimum Gasteiger partial charge on any atom is -0.0891 e. The van der Waals surface area contributed by atoms with Crippen molar-refractivity contribution in [3.8, 4) is 0 Å². The van der Waals surface area contributed by atoms with E-state index in [0.717, 1.165) is 0 Å². The molecule has 0 aliphatic heterocycles. The van der Waals surface area contributed by atoms with Crippen LogP contribution in [0.15, 0.2) is 120 Å². The van der Waals surface area contributed by atoms with Gasteiger partial charge in [0, 0.05) is 15.7 Å². The van der Waals surface area contributed by atoms with E-state index in [9.17, 15) is 0 Å². The van der Waals surface area contributed by atoms with E-state index in [2.05, 4.69) is 115 Å². The average Bonchev–Trinajstić information content (AvgIpc) is 3.10. The van der Waals surface area contributed by atoms with Gasteiger partial charge < -0.3 is 0 Å². The topological polar surface area (TPSA) is 0 Å². The molecule has 0 amide bonds. The zero-order valence-electron chi connectivity index (χ0n) is 15.5. The van der Waals surface area contributed by atoms with Gasteiger partial charge >= 0.3 is 0 Å². The third-order valence-electron chi connectivity index (χ3n) is 5.23. The van der Waals surface area contributed by atoms with Crippen LogP contribution in [0.3, 0.4) is 0 Å². The second kappa shape index (κ2) is 7.53. The second-order valence-electron chi connectivity index (χ2n) is 6.95. The van der Waals surface area contributed by atoms with E-state index in [1.165, 1.54) is 37.6 Å². The molecule has 1 heteroatoms. The van der Waals surface area contributed by atoms with Gasteiger partial charge in [-0.3, -0.25) is 0 Å². The van der Waals surface area contributed by atoms with E-state index in [-0.39, 0.29) is 5.92 Å². The summed E-state index contributed by atoms with van der Waals surface area (Å²) in [6.07, 6.45) is 0. The van der Waals surface area contributed by atoms with E-state index in [4.69, 9.17) is 0 Å². The average molecular weight is 377 g/mol. The predicted molar refractivity (Wildman–Crippen MR) is 120 cm³/mol. The first-order valence-corrected chi connectivity index (χ1v) is 10.4. The van der Waals surface area contributed by atoms with Crippen molar-refractivity contribution < 1.29 is 0 Å². The maximum atomic E-state index is 2.29. The van der Waals surface area contributed by atoms with Crippen LogP contribution in [0.2, 0.25) is 0 Å². The van der Waals surface area contributed by atoms with E-state index in [1.54, 1.807) is 0 Å². The minimum absolute atomic E-state index is 0.256. The van der Waals surface area contributed by atoms with E-state index >= 15 is 0 Å². The molecule has 1 atom stereocenters. The van der Waals surface area contributed by atoms with Crippen molar-refractivity contribution in [3.05, 3.63) is 138 Å². The second-order valence-corrected chi connectivity index (χ2v) is 8.04. The molecule has 134 valence electrons. The van der Waals surface area contributed by atoms with Gasteiger partial charge in [-0.1, -0.05) is 115 Å². The number of rotatable bonds is 4. The lowest BCUT2D eigenvalue weighted by molar-refractivity contribution is 1.07. The Morgan fingerprint density at radius 2 is 1.11 bits per heavy atom. The van der Waals surface area contributed by atoms with Gasteiger partial charge in [0.05, 0.1) is 0 Å². The molecule has 0 saturated heterocycles.